The van der Waals surface area contributed by atoms with Gasteiger partial charge in [-0.25, -0.2) is 8.42 Å². The normalized spacial score (nSPS) is 14.1. The van der Waals surface area contributed by atoms with Gasteiger partial charge < -0.3 is 0 Å². The lowest BCUT2D eigenvalue weighted by molar-refractivity contribution is 0.204. The van der Waals surface area contributed by atoms with Crippen LogP contribution in [0.15, 0.2) is 30.3 Å². The maximum absolute atomic E-state index is 11.2. The molecule has 0 spiro atoms. The maximum atomic E-state index is 11.2. The van der Waals surface area contributed by atoms with Gasteiger partial charge in [0, 0.05) is 18.8 Å². The van der Waals surface area contributed by atoms with Crippen LogP contribution in [0, 0.1) is 5.92 Å². The second-order valence-electron chi connectivity index (χ2n) is 5.21. The monoisotopic (exact) mass is 269 g/mol. The van der Waals surface area contributed by atoms with Gasteiger partial charge in [-0.3, -0.25) is 4.90 Å². The largest absolute Gasteiger partial charge is 0.298 e. The molecule has 0 heterocycles. The van der Waals surface area contributed by atoms with E-state index in [0.29, 0.717) is 12.5 Å². The summed E-state index contributed by atoms with van der Waals surface area (Å²) in [5.74, 6) is 0.650. The molecule has 1 aromatic carbocycles. The number of benzene rings is 1. The van der Waals surface area contributed by atoms with Crippen molar-refractivity contribution in [2.75, 3.05) is 25.6 Å². The van der Waals surface area contributed by atoms with Gasteiger partial charge in [0.25, 0.3) is 0 Å². The van der Waals surface area contributed by atoms with Gasteiger partial charge >= 0.3 is 0 Å². The molecule has 0 aromatic heterocycles. The van der Waals surface area contributed by atoms with Crippen molar-refractivity contribution >= 4 is 9.84 Å². The van der Waals surface area contributed by atoms with E-state index >= 15 is 0 Å². The molecule has 1 atom stereocenters. The van der Waals surface area contributed by atoms with Crippen LogP contribution in [0.2, 0.25) is 0 Å². The summed E-state index contributed by atoms with van der Waals surface area (Å²) in [5, 5.41) is 0. The number of sulfone groups is 1. The second-order valence-corrected chi connectivity index (χ2v) is 7.47. The van der Waals surface area contributed by atoms with E-state index in [9.17, 15) is 8.42 Å². The summed E-state index contributed by atoms with van der Waals surface area (Å²) < 4.78 is 22.5. The van der Waals surface area contributed by atoms with E-state index in [0.717, 1.165) is 0 Å². The maximum Gasteiger partial charge on any atom is 0.148 e. The second kappa shape index (κ2) is 6.34. The van der Waals surface area contributed by atoms with Gasteiger partial charge in [-0.15, -0.1) is 0 Å². The molecule has 3 nitrogen and oxygen atoms in total. The summed E-state index contributed by atoms with van der Waals surface area (Å²) in [5.41, 5.74) is 1.24. The van der Waals surface area contributed by atoms with Gasteiger partial charge in [0.1, 0.15) is 9.84 Å². The Labute approximate surface area is 111 Å². The number of rotatable bonds is 6. The lowest BCUT2D eigenvalue weighted by atomic mass is 9.95. The van der Waals surface area contributed by atoms with Crippen LogP contribution in [0.5, 0.6) is 0 Å². The van der Waals surface area contributed by atoms with Crippen molar-refractivity contribution < 1.29 is 8.42 Å². The highest BCUT2D eigenvalue weighted by Gasteiger charge is 2.21. The first-order valence-electron chi connectivity index (χ1n) is 6.24. The molecule has 0 saturated heterocycles. The molecule has 0 N–H and O–H groups in total. The smallest absolute Gasteiger partial charge is 0.148 e. The zero-order valence-corrected chi connectivity index (χ0v) is 12.4. The summed E-state index contributed by atoms with van der Waals surface area (Å²) >= 11 is 0. The SMILES string of the molecule is CC(C)C(c1ccccc1)N(C)CCS(C)(=O)=O. The van der Waals surface area contributed by atoms with Crippen LogP contribution < -0.4 is 0 Å². The fraction of sp³-hybridized carbons (Fsp3) is 0.571. The van der Waals surface area contributed by atoms with Gasteiger partial charge in [-0.1, -0.05) is 44.2 Å². The summed E-state index contributed by atoms with van der Waals surface area (Å²) in [6, 6.07) is 10.5. The first-order chi connectivity index (χ1) is 8.31. The van der Waals surface area contributed by atoms with Crippen molar-refractivity contribution in [1.29, 1.82) is 0 Å². The van der Waals surface area contributed by atoms with Crippen molar-refractivity contribution in [2.45, 2.75) is 19.9 Å². The molecular weight excluding hydrogens is 246 g/mol. The van der Waals surface area contributed by atoms with E-state index in [2.05, 4.69) is 30.9 Å². The molecule has 0 saturated carbocycles. The van der Waals surface area contributed by atoms with E-state index in [1.165, 1.54) is 11.8 Å². The minimum atomic E-state index is -2.90. The molecule has 4 heteroatoms. The van der Waals surface area contributed by atoms with E-state index in [4.69, 9.17) is 0 Å². The molecule has 1 aromatic rings. The molecule has 18 heavy (non-hydrogen) atoms. The Balaban J connectivity index is 2.80. The molecule has 0 amide bonds. The number of hydrogen-bond donors (Lipinski definition) is 0. The summed E-state index contributed by atoms with van der Waals surface area (Å²) in [7, 11) is -0.913. The van der Waals surface area contributed by atoms with Crippen LogP contribution in [0.4, 0.5) is 0 Å². The Morgan fingerprint density at radius 2 is 1.72 bits per heavy atom. The third-order valence-electron chi connectivity index (χ3n) is 3.06. The average molecular weight is 269 g/mol. The molecule has 0 aliphatic heterocycles. The van der Waals surface area contributed by atoms with Gasteiger partial charge in [0.05, 0.1) is 5.75 Å². The summed E-state index contributed by atoms with van der Waals surface area (Å²) in [6.45, 7) is 4.89. The predicted octanol–water partition coefficient (Wildman–Crippen LogP) is 2.36. The Kier molecular flexibility index (Phi) is 5.35. The van der Waals surface area contributed by atoms with Gasteiger partial charge in [-0.05, 0) is 18.5 Å². The van der Waals surface area contributed by atoms with E-state index in [1.807, 2.05) is 25.2 Å². The fourth-order valence-electron chi connectivity index (χ4n) is 2.25. The standard InChI is InChI=1S/C14H23NO2S/c1-12(2)14(13-8-6-5-7-9-13)15(3)10-11-18(4,16)17/h5-9,12,14H,10-11H2,1-4H3. The highest BCUT2D eigenvalue weighted by Crippen LogP contribution is 2.26. The molecular formula is C14H23NO2S. The molecule has 1 unspecified atom stereocenters. The van der Waals surface area contributed by atoms with E-state index in [-0.39, 0.29) is 11.8 Å². The predicted molar refractivity (Wildman–Crippen MR) is 76.4 cm³/mol. The number of nitrogens with zero attached hydrogens (tertiary/aromatic N) is 1. The minimum Gasteiger partial charge on any atom is -0.298 e. The quantitative estimate of drug-likeness (QED) is 0.795. The fourth-order valence-corrected chi connectivity index (χ4v) is 2.87. The third kappa shape index (κ3) is 4.78. The molecule has 0 fully saturated rings. The average Bonchev–Trinajstić information content (AvgIpc) is 2.26. The van der Waals surface area contributed by atoms with E-state index in [1.54, 1.807) is 0 Å². The minimum absolute atomic E-state index is 0.208. The molecule has 1 rings (SSSR count). The van der Waals surface area contributed by atoms with Crippen molar-refractivity contribution in [2.24, 2.45) is 5.92 Å². The molecule has 0 radical (unpaired) electrons. The summed E-state index contributed by atoms with van der Waals surface area (Å²) in [4.78, 5) is 2.13. The lowest BCUT2D eigenvalue weighted by Crippen LogP contribution is -2.32. The summed E-state index contributed by atoms with van der Waals surface area (Å²) in [6.07, 6.45) is 1.29. The van der Waals surface area contributed by atoms with Crippen LogP contribution in [-0.2, 0) is 9.84 Å². The van der Waals surface area contributed by atoms with Crippen molar-refractivity contribution in [3.8, 4) is 0 Å². The Morgan fingerprint density at radius 3 is 2.17 bits per heavy atom. The van der Waals surface area contributed by atoms with Gasteiger partial charge in [0.2, 0.25) is 0 Å². The first-order valence-corrected chi connectivity index (χ1v) is 8.30. The van der Waals surface area contributed by atoms with Gasteiger partial charge in [-0.2, -0.15) is 0 Å². The molecule has 0 aliphatic rings. The third-order valence-corrected chi connectivity index (χ3v) is 3.99. The molecule has 0 bridgehead atoms. The Bertz CT molecular complexity index is 454. The topological polar surface area (TPSA) is 37.4 Å². The highest BCUT2D eigenvalue weighted by atomic mass is 32.2. The van der Waals surface area contributed by atoms with Gasteiger partial charge in [0.15, 0.2) is 0 Å². The van der Waals surface area contributed by atoms with Crippen LogP contribution >= 0.6 is 0 Å². The van der Waals surface area contributed by atoms with Crippen LogP contribution in [-0.4, -0.2) is 38.9 Å². The Hall–Kier alpha value is -0.870. The molecule has 0 aliphatic carbocycles. The first kappa shape index (κ1) is 15.2. The van der Waals surface area contributed by atoms with Crippen molar-refractivity contribution in [1.82, 2.24) is 4.90 Å². The zero-order valence-electron chi connectivity index (χ0n) is 11.6. The van der Waals surface area contributed by atoms with Crippen molar-refractivity contribution in [3.63, 3.8) is 0 Å². The lowest BCUT2D eigenvalue weighted by Gasteiger charge is -2.31. The number of hydrogen-bond acceptors (Lipinski definition) is 3. The Morgan fingerprint density at radius 1 is 1.17 bits per heavy atom. The highest BCUT2D eigenvalue weighted by molar-refractivity contribution is 7.90. The van der Waals surface area contributed by atoms with Crippen molar-refractivity contribution in [3.05, 3.63) is 35.9 Å². The molecule has 102 valence electrons. The van der Waals surface area contributed by atoms with Crippen LogP contribution in [0.25, 0.3) is 0 Å². The zero-order chi connectivity index (χ0) is 13.8. The van der Waals surface area contributed by atoms with Crippen LogP contribution in [0.3, 0.4) is 0 Å². The van der Waals surface area contributed by atoms with E-state index < -0.39 is 9.84 Å². The van der Waals surface area contributed by atoms with Crippen LogP contribution in [0.1, 0.15) is 25.5 Å².